The fourth-order valence-corrected chi connectivity index (χ4v) is 6.07. The Balaban J connectivity index is 1.68. The molecule has 6 nitrogen and oxygen atoms in total. The van der Waals surface area contributed by atoms with Gasteiger partial charge in [0, 0.05) is 11.6 Å². The van der Waals surface area contributed by atoms with Crippen molar-refractivity contribution in [3.8, 4) is 11.3 Å². The molecule has 2 aromatic rings. The molecule has 4 rings (SSSR count). The number of aryl methyl sites for hydroxylation is 2. The molecule has 1 atom stereocenters. The molecule has 1 N–H and O–H groups in total. The van der Waals surface area contributed by atoms with Gasteiger partial charge in [0.25, 0.3) is 5.91 Å². The number of rotatable bonds is 4. The molecule has 1 aliphatic heterocycles. The van der Waals surface area contributed by atoms with Crippen LogP contribution < -0.4 is 5.32 Å². The maximum absolute atomic E-state index is 12.9. The Kier molecular flexibility index (Phi) is 5.51. The smallest absolute Gasteiger partial charge is 0.272 e. The van der Waals surface area contributed by atoms with Crippen LogP contribution in [0.15, 0.2) is 24.3 Å². The standard InChI is InChI=1S/C22H29N3O3S/c1-15-8-9-17(12-16(15)2)21-13-20(22(26)23-18-6-4-3-5-7-18)24-25(21)19-10-11-29(27,28)14-19/h8-9,12-13,18-19H,3-7,10-11,14H2,1-2H3,(H,23,26)/t19-/m0/s1. The van der Waals surface area contributed by atoms with Crippen LogP contribution in [0.5, 0.6) is 0 Å². The van der Waals surface area contributed by atoms with Gasteiger partial charge in [-0.1, -0.05) is 31.4 Å². The normalized spacial score (nSPS) is 21.9. The first-order valence-corrected chi connectivity index (χ1v) is 12.3. The highest BCUT2D eigenvalue weighted by atomic mass is 32.2. The summed E-state index contributed by atoms with van der Waals surface area (Å²) >= 11 is 0. The molecule has 2 heterocycles. The van der Waals surface area contributed by atoms with E-state index < -0.39 is 9.84 Å². The maximum Gasteiger partial charge on any atom is 0.272 e. The van der Waals surface area contributed by atoms with Gasteiger partial charge in [0.2, 0.25) is 0 Å². The third kappa shape index (κ3) is 4.39. The number of sulfone groups is 1. The number of carbonyl (C=O) groups excluding carboxylic acids is 1. The molecule has 29 heavy (non-hydrogen) atoms. The van der Waals surface area contributed by atoms with Crippen LogP contribution in [-0.4, -0.2) is 41.7 Å². The van der Waals surface area contributed by atoms with E-state index in [1.807, 2.05) is 12.1 Å². The number of nitrogens with one attached hydrogen (secondary N) is 1. The topological polar surface area (TPSA) is 81.1 Å². The third-order valence-electron chi connectivity index (χ3n) is 6.27. The number of hydrogen-bond acceptors (Lipinski definition) is 4. The molecular weight excluding hydrogens is 386 g/mol. The van der Waals surface area contributed by atoms with Gasteiger partial charge in [-0.05, 0) is 56.4 Å². The lowest BCUT2D eigenvalue weighted by molar-refractivity contribution is 0.0921. The van der Waals surface area contributed by atoms with E-state index >= 15 is 0 Å². The van der Waals surface area contributed by atoms with Crippen LogP contribution in [0.3, 0.4) is 0 Å². The number of carbonyl (C=O) groups is 1. The number of aromatic nitrogens is 2. The van der Waals surface area contributed by atoms with E-state index in [9.17, 15) is 13.2 Å². The summed E-state index contributed by atoms with van der Waals surface area (Å²) in [5.41, 5.74) is 4.49. The molecule has 1 saturated carbocycles. The van der Waals surface area contributed by atoms with Gasteiger partial charge in [-0.25, -0.2) is 8.42 Å². The van der Waals surface area contributed by atoms with Gasteiger partial charge in [-0.2, -0.15) is 5.10 Å². The highest BCUT2D eigenvalue weighted by Crippen LogP contribution is 2.31. The van der Waals surface area contributed by atoms with Crippen LogP contribution in [0.4, 0.5) is 0 Å². The summed E-state index contributed by atoms with van der Waals surface area (Å²) in [6, 6.07) is 7.94. The summed E-state index contributed by atoms with van der Waals surface area (Å²) in [5, 5.41) is 7.71. The van der Waals surface area contributed by atoms with Gasteiger partial charge >= 0.3 is 0 Å². The Hall–Kier alpha value is -2.15. The number of nitrogens with zero attached hydrogens (tertiary/aromatic N) is 2. The fraction of sp³-hybridized carbons (Fsp3) is 0.545. The molecule has 1 aromatic carbocycles. The summed E-state index contributed by atoms with van der Waals surface area (Å²) in [5.74, 6) is 0.0885. The predicted molar refractivity (Wildman–Crippen MR) is 114 cm³/mol. The molecule has 1 saturated heterocycles. The molecule has 0 unspecified atom stereocenters. The van der Waals surface area contributed by atoms with Gasteiger partial charge in [-0.15, -0.1) is 0 Å². The first kappa shape index (κ1) is 20.1. The van der Waals surface area contributed by atoms with Crippen LogP contribution in [0, 0.1) is 13.8 Å². The zero-order chi connectivity index (χ0) is 20.6. The minimum absolute atomic E-state index is 0.0796. The van der Waals surface area contributed by atoms with Crippen molar-refractivity contribution in [1.29, 1.82) is 0 Å². The molecular formula is C22H29N3O3S. The van der Waals surface area contributed by atoms with E-state index in [1.54, 1.807) is 4.68 Å². The van der Waals surface area contributed by atoms with Crippen molar-refractivity contribution in [3.05, 3.63) is 41.1 Å². The second-order valence-corrected chi connectivity index (χ2v) is 10.8. The molecule has 1 amide bonds. The molecule has 1 aromatic heterocycles. The number of hydrogen-bond donors (Lipinski definition) is 1. The van der Waals surface area contributed by atoms with E-state index in [0.717, 1.165) is 42.5 Å². The average Bonchev–Trinajstić information content (AvgIpc) is 3.28. The summed E-state index contributed by atoms with van der Waals surface area (Å²) in [6.45, 7) is 4.11. The van der Waals surface area contributed by atoms with E-state index in [2.05, 4.69) is 36.4 Å². The molecule has 2 fully saturated rings. The lowest BCUT2D eigenvalue weighted by Gasteiger charge is -2.22. The van der Waals surface area contributed by atoms with Crippen molar-refractivity contribution in [3.63, 3.8) is 0 Å². The third-order valence-corrected chi connectivity index (χ3v) is 8.02. The largest absolute Gasteiger partial charge is 0.348 e. The summed E-state index contributed by atoms with van der Waals surface area (Å²) < 4.78 is 25.9. The molecule has 0 bridgehead atoms. The summed E-state index contributed by atoms with van der Waals surface area (Å²) in [6.07, 6.45) is 6.08. The zero-order valence-electron chi connectivity index (χ0n) is 17.1. The molecule has 0 radical (unpaired) electrons. The lowest BCUT2D eigenvalue weighted by Crippen LogP contribution is -2.36. The second kappa shape index (κ2) is 7.94. The average molecular weight is 416 g/mol. The van der Waals surface area contributed by atoms with Crippen molar-refractivity contribution in [2.75, 3.05) is 11.5 Å². The second-order valence-electron chi connectivity index (χ2n) is 8.52. The van der Waals surface area contributed by atoms with Crippen LogP contribution in [0.2, 0.25) is 0 Å². The van der Waals surface area contributed by atoms with Crippen molar-refractivity contribution in [1.82, 2.24) is 15.1 Å². The number of amides is 1. The van der Waals surface area contributed by atoms with Crippen LogP contribution in [0.25, 0.3) is 11.3 Å². The minimum Gasteiger partial charge on any atom is -0.348 e. The highest BCUT2D eigenvalue weighted by molar-refractivity contribution is 7.91. The van der Waals surface area contributed by atoms with Crippen LogP contribution >= 0.6 is 0 Å². The van der Waals surface area contributed by atoms with Crippen molar-refractivity contribution in [2.24, 2.45) is 0 Å². The predicted octanol–water partition coefficient (Wildman–Crippen LogP) is 3.59. The van der Waals surface area contributed by atoms with E-state index in [4.69, 9.17) is 0 Å². The van der Waals surface area contributed by atoms with Crippen molar-refractivity contribution >= 4 is 15.7 Å². The van der Waals surface area contributed by atoms with Crippen LogP contribution in [-0.2, 0) is 9.84 Å². The lowest BCUT2D eigenvalue weighted by atomic mass is 9.95. The van der Waals surface area contributed by atoms with E-state index in [0.29, 0.717) is 12.1 Å². The van der Waals surface area contributed by atoms with Gasteiger partial charge in [0.05, 0.1) is 23.2 Å². The SMILES string of the molecule is Cc1ccc(-c2cc(C(=O)NC3CCCCC3)nn2[C@H]2CCS(=O)(=O)C2)cc1C. The number of benzene rings is 1. The fourth-order valence-electron chi connectivity index (χ4n) is 4.37. The van der Waals surface area contributed by atoms with Gasteiger partial charge in [-0.3, -0.25) is 9.48 Å². The van der Waals surface area contributed by atoms with Crippen molar-refractivity contribution < 1.29 is 13.2 Å². The Labute approximate surface area is 172 Å². The minimum atomic E-state index is -3.05. The molecule has 7 heteroatoms. The van der Waals surface area contributed by atoms with Crippen LogP contribution in [0.1, 0.15) is 66.2 Å². The molecule has 2 aliphatic rings. The Bertz CT molecular complexity index is 1020. The van der Waals surface area contributed by atoms with Gasteiger partial charge in [0.15, 0.2) is 15.5 Å². The maximum atomic E-state index is 12.9. The first-order valence-electron chi connectivity index (χ1n) is 10.5. The summed E-state index contributed by atoms with van der Waals surface area (Å²) in [4.78, 5) is 12.9. The monoisotopic (exact) mass is 415 g/mol. The van der Waals surface area contributed by atoms with Gasteiger partial charge < -0.3 is 5.32 Å². The Morgan fingerprint density at radius 3 is 2.48 bits per heavy atom. The molecule has 156 valence electrons. The van der Waals surface area contributed by atoms with E-state index in [-0.39, 0.29) is 29.5 Å². The van der Waals surface area contributed by atoms with Crippen molar-refractivity contribution in [2.45, 2.75) is 64.5 Å². The van der Waals surface area contributed by atoms with E-state index in [1.165, 1.54) is 12.0 Å². The first-order chi connectivity index (χ1) is 13.8. The Morgan fingerprint density at radius 2 is 1.83 bits per heavy atom. The quantitative estimate of drug-likeness (QED) is 0.827. The molecule has 1 aliphatic carbocycles. The van der Waals surface area contributed by atoms with Gasteiger partial charge in [0.1, 0.15) is 0 Å². The molecule has 0 spiro atoms. The zero-order valence-corrected chi connectivity index (χ0v) is 18.0. The Morgan fingerprint density at radius 1 is 1.07 bits per heavy atom. The highest BCUT2D eigenvalue weighted by Gasteiger charge is 2.32. The summed E-state index contributed by atoms with van der Waals surface area (Å²) in [7, 11) is -3.05.